The third-order valence-electron chi connectivity index (χ3n) is 4.80. The molecule has 4 atom stereocenters. The van der Waals surface area contributed by atoms with Crippen molar-refractivity contribution >= 4 is 11.6 Å². The third kappa shape index (κ3) is 2.88. The summed E-state index contributed by atoms with van der Waals surface area (Å²) >= 11 is 6.14. The molecular weight excluding hydrogens is 270 g/mol. The normalized spacial score (nSPS) is 38.0. The first-order valence-electron chi connectivity index (χ1n) is 7.75. The van der Waals surface area contributed by atoms with E-state index < -0.39 is 0 Å². The van der Waals surface area contributed by atoms with Crippen molar-refractivity contribution in [3.8, 4) is 0 Å². The largest absolute Gasteiger partial charge is 0.364 e. The Hall–Kier alpha value is -0.570. The van der Waals surface area contributed by atoms with Crippen LogP contribution in [0.25, 0.3) is 0 Å². The van der Waals surface area contributed by atoms with Gasteiger partial charge in [0.2, 0.25) is 0 Å². The summed E-state index contributed by atoms with van der Waals surface area (Å²) in [5.41, 5.74) is 1.21. The van der Waals surface area contributed by atoms with E-state index in [9.17, 15) is 0 Å². The highest BCUT2D eigenvalue weighted by atomic mass is 35.5. The fourth-order valence-corrected chi connectivity index (χ4v) is 3.99. The lowest BCUT2D eigenvalue weighted by atomic mass is 9.77. The van der Waals surface area contributed by atoms with Crippen LogP contribution in [0.15, 0.2) is 24.3 Å². The maximum atomic E-state index is 6.62. The van der Waals surface area contributed by atoms with Crippen molar-refractivity contribution in [3.63, 3.8) is 0 Å². The molecule has 1 aromatic rings. The molecule has 1 saturated carbocycles. The standard InChI is InChI=1S/C17H24ClNO/c1-12-5-4-8-17(10-12)11-19-13(2)16(20-17)14-6-3-7-15(18)9-14/h3,6-7,9,12-13,16,19H,4-5,8,10-11H2,1-2H3. The topological polar surface area (TPSA) is 21.3 Å². The van der Waals surface area contributed by atoms with Gasteiger partial charge in [-0.25, -0.2) is 0 Å². The number of nitrogens with one attached hydrogen (secondary N) is 1. The maximum Gasteiger partial charge on any atom is 0.0983 e. The SMILES string of the molecule is CC1CCCC2(CNC(C)C(c3cccc(Cl)c3)O2)C1. The van der Waals surface area contributed by atoms with Crippen molar-refractivity contribution in [2.75, 3.05) is 6.54 Å². The van der Waals surface area contributed by atoms with E-state index in [2.05, 4.69) is 25.2 Å². The molecule has 1 aliphatic carbocycles. The summed E-state index contributed by atoms with van der Waals surface area (Å²) in [5.74, 6) is 0.763. The Kier molecular flexibility index (Phi) is 4.07. The molecule has 1 aliphatic heterocycles. The van der Waals surface area contributed by atoms with E-state index in [1.54, 1.807) is 0 Å². The molecule has 4 unspecified atom stereocenters. The van der Waals surface area contributed by atoms with Crippen LogP contribution < -0.4 is 5.32 Å². The molecule has 3 rings (SSSR count). The summed E-state index contributed by atoms with van der Waals surface area (Å²) in [5, 5.41) is 4.45. The second-order valence-corrected chi connectivity index (χ2v) is 7.08. The molecular formula is C17H24ClNO. The molecule has 2 nitrogen and oxygen atoms in total. The molecule has 110 valence electrons. The Morgan fingerprint density at radius 1 is 1.35 bits per heavy atom. The van der Waals surface area contributed by atoms with Gasteiger partial charge in [-0.3, -0.25) is 0 Å². The number of morpholine rings is 1. The summed E-state index contributed by atoms with van der Waals surface area (Å²) in [7, 11) is 0. The molecule has 1 aromatic carbocycles. The van der Waals surface area contributed by atoms with Crippen LogP contribution in [0.1, 0.15) is 51.2 Å². The fraction of sp³-hybridized carbons (Fsp3) is 0.647. The maximum absolute atomic E-state index is 6.62. The Morgan fingerprint density at radius 3 is 2.95 bits per heavy atom. The molecule has 1 N–H and O–H groups in total. The first-order valence-corrected chi connectivity index (χ1v) is 8.12. The number of benzene rings is 1. The second kappa shape index (κ2) is 5.67. The molecule has 20 heavy (non-hydrogen) atoms. The minimum absolute atomic E-state index is 0.0250. The van der Waals surface area contributed by atoms with Crippen molar-refractivity contribution in [2.24, 2.45) is 5.92 Å². The Labute approximate surface area is 126 Å². The van der Waals surface area contributed by atoms with Gasteiger partial charge in [0.1, 0.15) is 0 Å². The van der Waals surface area contributed by atoms with E-state index in [1.165, 1.54) is 31.2 Å². The number of hydrogen-bond donors (Lipinski definition) is 1. The van der Waals surface area contributed by atoms with Crippen LogP contribution in [-0.4, -0.2) is 18.2 Å². The summed E-state index contributed by atoms with van der Waals surface area (Å²) < 4.78 is 6.62. The van der Waals surface area contributed by atoms with Gasteiger partial charge >= 0.3 is 0 Å². The molecule has 2 aliphatic rings. The van der Waals surface area contributed by atoms with E-state index in [-0.39, 0.29) is 11.7 Å². The molecule has 1 saturated heterocycles. The van der Waals surface area contributed by atoms with Crippen LogP contribution in [0.4, 0.5) is 0 Å². The molecule has 0 bridgehead atoms. The van der Waals surface area contributed by atoms with Crippen LogP contribution in [0.2, 0.25) is 5.02 Å². The molecule has 1 spiro atoms. The second-order valence-electron chi connectivity index (χ2n) is 6.65. The molecule has 0 amide bonds. The first-order chi connectivity index (χ1) is 9.58. The van der Waals surface area contributed by atoms with Crippen LogP contribution in [0.3, 0.4) is 0 Å². The third-order valence-corrected chi connectivity index (χ3v) is 5.04. The number of hydrogen-bond acceptors (Lipinski definition) is 2. The highest BCUT2D eigenvalue weighted by molar-refractivity contribution is 6.30. The Balaban J connectivity index is 1.83. The van der Waals surface area contributed by atoms with Crippen molar-refractivity contribution in [1.29, 1.82) is 0 Å². The fourth-order valence-electron chi connectivity index (χ4n) is 3.79. The van der Waals surface area contributed by atoms with Crippen molar-refractivity contribution in [1.82, 2.24) is 5.32 Å². The minimum atomic E-state index is 0.0250. The van der Waals surface area contributed by atoms with E-state index in [0.717, 1.165) is 17.5 Å². The van der Waals surface area contributed by atoms with Crippen LogP contribution >= 0.6 is 11.6 Å². The van der Waals surface area contributed by atoms with Crippen LogP contribution in [0, 0.1) is 5.92 Å². The zero-order valence-corrected chi connectivity index (χ0v) is 13.1. The zero-order chi connectivity index (χ0) is 14.2. The van der Waals surface area contributed by atoms with Gasteiger partial charge < -0.3 is 10.1 Å². The van der Waals surface area contributed by atoms with Crippen molar-refractivity contribution in [2.45, 2.75) is 57.3 Å². The van der Waals surface area contributed by atoms with E-state index in [4.69, 9.17) is 16.3 Å². The molecule has 0 radical (unpaired) electrons. The number of halogens is 1. The van der Waals surface area contributed by atoms with Crippen LogP contribution in [-0.2, 0) is 4.74 Å². The number of rotatable bonds is 1. The summed E-state index contributed by atoms with van der Waals surface area (Å²) in [6, 6.07) is 8.43. The lowest BCUT2D eigenvalue weighted by Gasteiger charge is -2.48. The average molecular weight is 294 g/mol. The van der Waals surface area contributed by atoms with Gasteiger partial charge in [0, 0.05) is 17.6 Å². The summed E-state index contributed by atoms with van der Waals surface area (Å²) in [4.78, 5) is 0. The quantitative estimate of drug-likeness (QED) is 0.832. The molecule has 2 fully saturated rings. The van der Waals surface area contributed by atoms with Gasteiger partial charge in [0.25, 0.3) is 0 Å². The monoisotopic (exact) mass is 293 g/mol. The smallest absolute Gasteiger partial charge is 0.0983 e. The Bertz CT molecular complexity index is 478. The summed E-state index contributed by atoms with van der Waals surface area (Å²) in [6.45, 7) is 5.52. The lowest BCUT2D eigenvalue weighted by Crippen LogP contribution is -2.56. The van der Waals surface area contributed by atoms with E-state index in [0.29, 0.717) is 6.04 Å². The predicted molar refractivity (Wildman–Crippen MR) is 83.1 cm³/mol. The van der Waals surface area contributed by atoms with Gasteiger partial charge in [-0.15, -0.1) is 0 Å². The molecule has 1 heterocycles. The van der Waals surface area contributed by atoms with Gasteiger partial charge in [-0.2, -0.15) is 0 Å². The van der Waals surface area contributed by atoms with Gasteiger partial charge in [0.15, 0.2) is 0 Å². The van der Waals surface area contributed by atoms with Gasteiger partial charge in [-0.1, -0.05) is 43.5 Å². The average Bonchev–Trinajstić information content (AvgIpc) is 2.42. The molecule has 0 aromatic heterocycles. The van der Waals surface area contributed by atoms with Gasteiger partial charge in [0.05, 0.1) is 11.7 Å². The predicted octanol–water partition coefficient (Wildman–Crippen LogP) is 4.34. The van der Waals surface area contributed by atoms with Crippen LogP contribution in [0.5, 0.6) is 0 Å². The highest BCUT2D eigenvalue weighted by Crippen LogP contribution is 2.41. The minimum Gasteiger partial charge on any atom is -0.364 e. The molecule has 3 heteroatoms. The number of ether oxygens (including phenoxy) is 1. The van der Waals surface area contributed by atoms with Gasteiger partial charge in [-0.05, 0) is 43.4 Å². The summed E-state index contributed by atoms with van der Waals surface area (Å²) in [6.07, 6.45) is 5.06. The van der Waals surface area contributed by atoms with E-state index in [1.807, 2.05) is 18.2 Å². The first kappa shape index (κ1) is 14.4. The zero-order valence-electron chi connectivity index (χ0n) is 12.4. The Morgan fingerprint density at radius 2 is 2.20 bits per heavy atom. The highest BCUT2D eigenvalue weighted by Gasteiger charge is 2.43. The van der Waals surface area contributed by atoms with Crippen molar-refractivity contribution in [3.05, 3.63) is 34.9 Å². The van der Waals surface area contributed by atoms with Crippen molar-refractivity contribution < 1.29 is 4.74 Å². The lowest BCUT2D eigenvalue weighted by molar-refractivity contribution is -0.158. The van der Waals surface area contributed by atoms with E-state index >= 15 is 0 Å².